The maximum absolute atomic E-state index is 12.3. The molecule has 0 aliphatic heterocycles. The third kappa shape index (κ3) is 3.96. The maximum Gasteiger partial charge on any atom is 0.310 e. The summed E-state index contributed by atoms with van der Waals surface area (Å²) in [6, 6.07) is 3.46. The van der Waals surface area contributed by atoms with Gasteiger partial charge in [-0.25, -0.2) is 4.98 Å². The largest absolute Gasteiger partial charge is 0.469 e. The molecule has 5 nitrogen and oxygen atoms in total. The standard InChI is InChI=1S/C13H18N2O3S/c1-9(13(17)18-3)8-15(2)12(16)10-6-5-7-14-11(10)19-4/h5-7,9H,8H2,1-4H3. The van der Waals surface area contributed by atoms with E-state index in [4.69, 9.17) is 0 Å². The average Bonchev–Trinajstić information content (AvgIpc) is 2.45. The summed E-state index contributed by atoms with van der Waals surface area (Å²) < 4.78 is 4.65. The van der Waals surface area contributed by atoms with Crippen molar-refractivity contribution in [1.82, 2.24) is 9.88 Å². The molecule has 1 aromatic heterocycles. The van der Waals surface area contributed by atoms with Gasteiger partial charge in [-0.2, -0.15) is 0 Å². The molecule has 1 heterocycles. The molecule has 1 aromatic rings. The van der Waals surface area contributed by atoms with Crippen molar-refractivity contribution in [2.45, 2.75) is 11.9 Å². The zero-order valence-electron chi connectivity index (χ0n) is 11.5. The van der Waals surface area contributed by atoms with Crippen LogP contribution in [-0.2, 0) is 9.53 Å². The number of aromatic nitrogens is 1. The highest BCUT2D eigenvalue weighted by Crippen LogP contribution is 2.18. The van der Waals surface area contributed by atoms with Crippen LogP contribution in [0.15, 0.2) is 23.4 Å². The van der Waals surface area contributed by atoms with Crippen LogP contribution in [0.4, 0.5) is 0 Å². The second kappa shape index (κ2) is 7.13. The first kappa shape index (κ1) is 15.5. The predicted octanol–water partition coefficient (Wildman–Crippen LogP) is 1.68. The Bertz CT molecular complexity index is 465. The normalized spacial score (nSPS) is 11.8. The minimum absolute atomic E-state index is 0.145. The number of carbonyl (C=O) groups excluding carboxylic acids is 2. The highest BCUT2D eigenvalue weighted by molar-refractivity contribution is 7.98. The van der Waals surface area contributed by atoms with E-state index in [1.54, 1.807) is 32.3 Å². The van der Waals surface area contributed by atoms with E-state index in [0.29, 0.717) is 17.1 Å². The number of hydrogen-bond acceptors (Lipinski definition) is 5. The summed E-state index contributed by atoms with van der Waals surface area (Å²) >= 11 is 1.42. The van der Waals surface area contributed by atoms with Gasteiger partial charge in [0.15, 0.2) is 0 Å². The first-order chi connectivity index (χ1) is 9.01. The van der Waals surface area contributed by atoms with Crippen LogP contribution in [0, 0.1) is 5.92 Å². The minimum Gasteiger partial charge on any atom is -0.469 e. The molecule has 6 heteroatoms. The maximum atomic E-state index is 12.3. The molecule has 0 bridgehead atoms. The Morgan fingerprint density at radius 3 is 2.79 bits per heavy atom. The Morgan fingerprint density at radius 2 is 2.21 bits per heavy atom. The molecule has 0 fully saturated rings. The van der Waals surface area contributed by atoms with Crippen molar-refractivity contribution >= 4 is 23.6 Å². The smallest absolute Gasteiger partial charge is 0.310 e. The van der Waals surface area contributed by atoms with Gasteiger partial charge in [0.1, 0.15) is 5.03 Å². The second-order valence-corrected chi connectivity index (χ2v) is 4.97. The minimum atomic E-state index is -0.353. The lowest BCUT2D eigenvalue weighted by atomic mass is 10.1. The SMILES string of the molecule is COC(=O)C(C)CN(C)C(=O)c1cccnc1SC. The van der Waals surface area contributed by atoms with Gasteiger partial charge in [-0.3, -0.25) is 9.59 Å². The molecular formula is C13H18N2O3S. The summed E-state index contributed by atoms with van der Waals surface area (Å²) in [5.41, 5.74) is 0.551. The number of methoxy groups -OCH3 is 1. The molecule has 0 spiro atoms. The van der Waals surface area contributed by atoms with E-state index in [2.05, 4.69) is 9.72 Å². The molecule has 0 radical (unpaired) electrons. The Hall–Kier alpha value is -1.56. The summed E-state index contributed by atoms with van der Waals surface area (Å²) in [6.07, 6.45) is 3.52. The number of rotatable bonds is 5. The van der Waals surface area contributed by atoms with Gasteiger partial charge < -0.3 is 9.64 Å². The molecule has 0 N–H and O–H groups in total. The van der Waals surface area contributed by atoms with Gasteiger partial charge in [0.25, 0.3) is 5.91 Å². The summed E-state index contributed by atoms with van der Waals surface area (Å²) in [4.78, 5) is 29.3. The zero-order chi connectivity index (χ0) is 14.4. The first-order valence-electron chi connectivity index (χ1n) is 5.83. The third-order valence-corrected chi connectivity index (χ3v) is 3.40. The summed E-state index contributed by atoms with van der Waals surface area (Å²) in [6.45, 7) is 2.04. The van der Waals surface area contributed by atoms with E-state index < -0.39 is 0 Å². The lowest BCUT2D eigenvalue weighted by Crippen LogP contribution is -2.34. The predicted molar refractivity (Wildman–Crippen MR) is 74.2 cm³/mol. The molecule has 19 heavy (non-hydrogen) atoms. The molecule has 1 atom stereocenters. The van der Waals surface area contributed by atoms with Crippen molar-refractivity contribution in [3.63, 3.8) is 0 Å². The Balaban J connectivity index is 2.79. The number of hydrogen-bond donors (Lipinski definition) is 0. The number of ether oxygens (including phenoxy) is 1. The Morgan fingerprint density at radius 1 is 1.53 bits per heavy atom. The summed E-state index contributed by atoms with van der Waals surface area (Å²) in [7, 11) is 3.01. The van der Waals surface area contributed by atoms with E-state index in [1.807, 2.05) is 6.26 Å². The van der Waals surface area contributed by atoms with E-state index in [9.17, 15) is 9.59 Å². The molecule has 1 unspecified atom stereocenters. The molecule has 1 amide bonds. The quantitative estimate of drug-likeness (QED) is 0.607. The van der Waals surface area contributed by atoms with Crippen LogP contribution in [-0.4, -0.2) is 48.7 Å². The van der Waals surface area contributed by atoms with Gasteiger partial charge in [-0.15, -0.1) is 11.8 Å². The van der Waals surface area contributed by atoms with Crippen molar-refractivity contribution in [3.05, 3.63) is 23.9 Å². The van der Waals surface area contributed by atoms with Gasteiger partial charge in [-0.1, -0.05) is 6.92 Å². The molecule has 1 rings (SSSR count). The van der Waals surface area contributed by atoms with Crippen LogP contribution in [0.25, 0.3) is 0 Å². The topological polar surface area (TPSA) is 59.5 Å². The average molecular weight is 282 g/mol. The van der Waals surface area contributed by atoms with Gasteiger partial charge in [0, 0.05) is 19.8 Å². The molecule has 0 aliphatic carbocycles. The van der Waals surface area contributed by atoms with E-state index in [-0.39, 0.29) is 17.8 Å². The number of carbonyl (C=O) groups is 2. The fourth-order valence-electron chi connectivity index (χ4n) is 1.69. The zero-order valence-corrected chi connectivity index (χ0v) is 12.4. The van der Waals surface area contributed by atoms with Crippen molar-refractivity contribution in [2.75, 3.05) is 27.0 Å². The van der Waals surface area contributed by atoms with E-state index >= 15 is 0 Å². The fourth-order valence-corrected chi connectivity index (χ4v) is 2.23. The van der Waals surface area contributed by atoms with Gasteiger partial charge in [-0.05, 0) is 18.4 Å². The lowest BCUT2D eigenvalue weighted by Gasteiger charge is -2.21. The summed E-state index contributed by atoms with van der Waals surface area (Å²) in [5, 5.41) is 0.685. The van der Waals surface area contributed by atoms with Crippen LogP contribution in [0.2, 0.25) is 0 Å². The number of nitrogens with zero attached hydrogens (tertiary/aromatic N) is 2. The van der Waals surface area contributed by atoms with Crippen LogP contribution < -0.4 is 0 Å². The van der Waals surface area contributed by atoms with E-state index in [1.165, 1.54) is 23.8 Å². The molecular weight excluding hydrogens is 264 g/mol. The Kier molecular flexibility index (Phi) is 5.82. The number of amides is 1. The number of esters is 1. The van der Waals surface area contributed by atoms with Crippen molar-refractivity contribution in [2.24, 2.45) is 5.92 Å². The number of pyridine rings is 1. The third-order valence-electron chi connectivity index (χ3n) is 2.69. The molecule has 0 aliphatic rings. The highest BCUT2D eigenvalue weighted by Gasteiger charge is 2.21. The van der Waals surface area contributed by atoms with Gasteiger partial charge in [0.2, 0.25) is 0 Å². The van der Waals surface area contributed by atoms with Crippen LogP contribution in [0.5, 0.6) is 0 Å². The van der Waals surface area contributed by atoms with Gasteiger partial charge in [0.05, 0.1) is 18.6 Å². The molecule has 0 saturated carbocycles. The fraction of sp³-hybridized carbons (Fsp3) is 0.462. The van der Waals surface area contributed by atoms with Crippen molar-refractivity contribution in [1.29, 1.82) is 0 Å². The molecule has 0 saturated heterocycles. The monoisotopic (exact) mass is 282 g/mol. The first-order valence-corrected chi connectivity index (χ1v) is 7.06. The van der Waals surface area contributed by atoms with Crippen molar-refractivity contribution < 1.29 is 14.3 Å². The lowest BCUT2D eigenvalue weighted by molar-refractivity contribution is -0.145. The summed E-state index contributed by atoms with van der Waals surface area (Å²) in [5.74, 6) is -0.822. The molecule has 0 aromatic carbocycles. The van der Waals surface area contributed by atoms with Gasteiger partial charge >= 0.3 is 5.97 Å². The second-order valence-electron chi connectivity index (χ2n) is 4.17. The van der Waals surface area contributed by atoms with Crippen LogP contribution >= 0.6 is 11.8 Å². The number of thioether (sulfide) groups is 1. The van der Waals surface area contributed by atoms with E-state index in [0.717, 1.165) is 0 Å². The van der Waals surface area contributed by atoms with Crippen LogP contribution in [0.3, 0.4) is 0 Å². The highest BCUT2D eigenvalue weighted by atomic mass is 32.2. The molecule has 104 valence electrons. The van der Waals surface area contributed by atoms with Crippen molar-refractivity contribution in [3.8, 4) is 0 Å². The van der Waals surface area contributed by atoms with Crippen LogP contribution in [0.1, 0.15) is 17.3 Å². The Labute approximate surface area is 117 Å².